The number of carbonyl (C=O) groups is 1. The molecule has 6 rings (SSSR count). The summed E-state index contributed by atoms with van der Waals surface area (Å²) in [6.07, 6.45) is 39.7. The largest absolute Gasteiger partial charge is 2.00 e. The van der Waals surface area contributed by atoms with Crippen molar-refractivity contribution in [3.8, 4) is 0 Å². The molecule has 170 valence electrons. The molecule has 4 fully saturated rings. The van der Waals surface area contributed by atoms with Crippen molar-refractivity contribution in [2.45, 2.75) is 25.7 Å². The SMILES string of the molecule is O=C1CCCc2c1nnc([C]1[CH][CH][CH][CH]1)c2C[C]1[CH][CH][CH][CH]1.[CH]1[CH][CH][CH][CH]1.[CH]1[CH][CH][CH][CH]1.[Fe+2].[Fe+2]. The third-order valence-electron chi connectivity index (χ3n) is 5.44. The van der Waals surface area contributed by atoms with Crippen molar-refractivity contribution < 1.29 is 38.9 Å². The predicted molar refractivity (Wildman–Crippen MR) is 126 cm³/mol. The van der Waals surface area contributed by atoms with Gasteiger partial charge in [-0.15, -0.1) is 5.10 Å². The van der Waals surface area contributed by atoms with E-state index in [0.29, 0.717) is 12.1 Å². The standard InChI is InChI=1S/C19H16N2O.2C5H5.2Fe/c22-17-11-5-10-15-16(12-13-6-1-2-7-13)18(20-21-19(15)17)14-8-3-4-9-14;2*1-2-4-5-3-1;;/h1-4,6-9H,5,10-12H2;2*1-5H;;/q;;;2*+2. The van der Waals surface area contributed by atoms with Crippen LogP contribution >= 0.6 is 0 Å². The number of nitrogens with zero attached hydrogens (tertiary/aromatic N) is 2. The number of ketones is 1. The van der Waals surface area contributed by atoms with Gasteiger partial charge in [-0.1, -0.05) is 0 Å². The van der Waals surface area contributed by atoms with E-state index in [1.54, 1.807) is 0 Å². The number of hydrogen-bond acceptors (Lipinski definition) is 3. The minimum absolute atomic E-state index is 0. The van der Waals surface area contributed by atoms with Crippen molar-refractivity contribution in [1.82, 2.24) is 10.2 Å². The van der Waals surface area contributed by atoms with Crippen molar-refractivity contribution in [2.75, 3.05) is 0 Å². The summed E-state index contributed by atoms with van der Waals surface area (Å²) in [4.78, 5) is 12.1. The van der Waals surface area contributed by atoms with Crippen LogP contribution in [0.1, 0.15) is 40.2 Å². The van der Waals surface area contributed by atoms with Crippen LogP contribution in [0.4, 0.5) is 0 Å². The van der Waals surface area contributed by atoms with E-state index >= 15 is 0 Å². The molecule has 5 aliphatic carbocycles. The molecule has 0 aromatic carbocycles. The molecule has 1 aromatic heterocycles. The van der Waals surface area contributed by atoms with Crippen LogP contribution in [0.15, 0.2) is 0 Å². The third kappa shape index (κ3) is 8.72. The van der Waals surface area contributed by atoms with E-state index in [9.17, 15) is 4.79 Å². The monoisotopic (exact) mass is 530 g/mol. The van der Waals surface area contributed by atoms with E-state index in [1.807, 2.05) is 89.9 Å². The van der Waals surface area contributed by atoms with Crippen molar-refractivity contribution in [3.05, 3.63) is 150 Å². The Morgan fingerprint density at radius 1 is 0.588 bits per heavy atom. The van der Waals surface area contributed by atoms with Gasteiger partial charge in [0.05, 0.1) is 5.69 Å². The second-order valence-corrected chi connectivity index (χ2v) is 7.70. The van der Waals surface area contributed by atoms with Crippen molar-refractivity contribution >= 4 is 5.78 Å². The Morgan fingerprint density at radius 3 is 1.59 bits per heavy atom. The van der Waals surface area contributed by atoms with Crippen LogP contribution in [0.5, 0.6) is 0 Å². The first kappa shape index (κ1) is 30.0. The van der Waals surface area contributed by atoms with Gasteiger partial charge in [0.15, 0.2) is 5.78 Å². The fourth-order valence-corrected chi connectivity index (χ4v) is 3.88. The number of carbonyl (C=O) groups excluding carboxylic acids is 1. The number of aromatic nitrogens is 2. The van der Waals surface area contributed by atoms with Crippen LogP contribution in [0, 0.1) is 127 Å². The van der Waals surface area contributed by atoms with Crippen molar-refractivity contribution in [2.24, 2.45) is 0 Å². The predicted octanol–water partition coefficient (Wildman–Crippen LogP) is 4.73. The molecule has 0 atom stereocenters. The van der Waals surface area contributed by atoms with Gasteiger partial charge in [-0.3, -0.25) is 4.79 Å². The molecule has 4 saturated carbocycles. The minimum Gasteiger partial charge on any atom is -0.292 e. The van der Waals surface area contributed by atoms with E-state index in [-0.39, 0.29) is 39.9 Å². The molecule has 0 unspecified atom stereocenters. The van der Waals surface area contributed by atoms with Gasteiger partial charge in [0.25, 0.3) is 0 Å². The van der Waals surface area contributed by atoms with Gasteiger partial charge in [0.1, 0.15) is 5.69 Å². The smallest absolute Gasteiger partial charge is 0.292 e. The van der Waals surface area contributed by atoms with E-state index in [1.165, 1.54) is 5.92 Å². The number of hydrogen-bond donors (Lipinski definition) is 0. The number of Topliss-reactive ketones (excluding diaryl/α,β-unsaturated/α-hetero) is 1. The second kappa shape index (κ2) is 16.5. The summed E-state index contributed by atoms with van der Waals surface area (Å²) in [5.74, 6) is 2.46. The van der Waals surface area contributed by atoms with Gasteiger partial charge in [-0.05, 0) is 152 Å². The summed E-state index contributed by atoms with van der Waals surface area (Å²) in [7, 11) is 0. The van der Waals surface area contributed by atoms with Crippen LogP contribution in [-0.4, -0.2) is 16.0 Å². The zero-order valence-corrected chi connectivity index (χ0v) is 20.9. The van der Waals surface area contributed by atoms with Gasteiger partial charge in [0, 0.05) is 12.3 Å². The van der Waals surface area contributed by atoms with E-state index in [2.05, 4.69) is 35.9 Å². The molecule has 0 saturated heterocycles. The maximum Gasteiger partial charge on any atom is 2.00 e. The third-order valence-corrected chi connectivity index (χ3v) is 5.44. The van der Waals surface area contributed by atoms with E-state index in [0.717, 1.165) is 42.0 Å². The maximum atomic E-state index is 12.1. The second-order valence-electron chi connectivity index (χ2n) is 7.70. The molecular weight excluding hydrogens is 504 g/mol. The Balaban J connectivity index is 0.000000283. The molecule has 5 heteroatoms. The van der Waals surface area contributed by atoms with Crippen LogP contribution in [0.2, 0.25) is 0 Å². The maximum absolute atomic E-state index is 12.1. The van der Waals surface area contributed by atoms with E-state index < -0.39 is 0 Å². The Hall–Kier alpha value is -0.211. The van der Waals surface area contributed by atoms with Gasteiger partial charge in [-0.2, -0.15) is 5.10 Å². The van der Waals surface area contributed by atoms with Gasteiger partial charge in [-0.25, -0.2) is 0 Å². The zero-order valence-electron chi connectivity index (χ0n) is 18.7. The normalized spacial score (nSPS) is 22.1. The van der Waals surface area contributed by atoms with Crippen LogP contribution in [-0.2, 0) is 47.0 Å². The summed E-state index contributed by atoms with van der Waals surface area (Å²) in [6.45, 7) is 0. The first-order valence-corrected chi connectivity index (χ1v) is 11.0. The molecule has 0 amide bonds. The topological polar surface area (TPSA) is 42.9 Å². The summed E-state index contributed by atoms with van der Waals surface area (Å²) in [5.41, 5.74) is 3.77. The van der Waals surface area contributed by atoms with Crippen LogP contribution in [0.3, 0.4) is 0 Å². The Kier molecular flexibility index (Phi) is 14.6. The van der Waals surface area contributed by atoms with Crippen molar-refractivity contribution in [3.63, 3.8) is 0 Å². The fraction of sp³-hybridized carbons (Fsp3) is 0.138. The van der Waals surface area contributed by atoms with Crippen LogP contribution < -0.4 is 0 Å². The summed E-state index contributed by atoms with van der Waals surface area (Å²) >= 11 is 0. The Labute approximate surface area is 229 Å². The summed E-state index contributed by atoms with van der Waals surface area (Å²) in [5, 5.41) is 8.64. The number of rotatable bonds is 3. The minimum atomic E-state index is 0. The summed E-state index contributed by atoms with van der Waals surface area (Å²) < 4.78 is 0. The molecule has 1 aromatic rings. The van der Waals surface area contributed by atoms with E-state index in [4.69, 9.17) is 0 Å². The molecule has 1 heterocycles. The fourth-order valence-electron chi connectivity index (χ4n) is 3.88. The average Bonchev–Trinajstić information content (AvgIpc) is 3.64. The number of fused-ring (bicyclic) bond motifs is 1. The molecule has 20 radical (unpaired) electrons. The quantitative estimate of drug-likeness (QED) is 0.531. The Morgan fingerprint density at radius 2 is 1.06 bits per heavy atom. The first-order chi connectivity index (χ1) is 15.8. The van der Waals surface area contributed by atoms with Gasteiger partial charge in [0.2, 0.25) is 0 Å². The molecular formula is C29H26Fe2N2O+4. The molecule has 0 N–H and O–H groups in total. The summed E-state index contributed by atoms with van der Waals surface area (Å²) in [6, 6.07) is 0. The molecule has 0 bridgehead atoms. The van der Waals surface area contributed by atoms with Crippen molar-refractivity contribution in [1.29, 1.82) is 0 Å². The van der Waals surface area contributed by atoms with Gasteiger partial charge < -0.3 is 0 Å². The van der Waals surface area contributed by atoms with Crippen LogP contribution in [0.25, 0.3) is 0 Å². The molecule has 34 heavy (non-hydrogen) atoms. The Bertz CT molecular complexity index is 694. The zero-order chi connectivity index (χ0) is 22.0. The average molecular weight is 530 g/mol. The molecule has 0 spiro atoms. The van der Waals surface area contributed by atoms with Gasteiger partial charge >= 0.3 is 34.1 Å². The molecule has 0 aliphatic heterocycles. The first-order valence-electron chi connectivity index (χ1n) is 11.0. The molecule has 5 aliphatic rings. The molecule has 3 nitrogen and oxygen atoms in total.